The van der Waals surface area contributed by atoms with Gasteiger partial charge < -0.3 is 29.6 Å². The lowest BCUT2D eigenvalue weighted by molar-refractivity contribution is -0.178. The van der Waals surface area contributed by atoms with Crippen molar-refractivity contribution in [2.75, 3.05) is 60.1 Å². The summed E-state index contributed by atoms with van der Waals surface area (Å²) in [5.74, 6) is 0.349. The van der Waals surface area contributed by atoms with Gasteiger partial charge in [-0.2, -0.15) is 0 Å². The molecule has 4 atom stereocenters. The predicted molar refractivity (Wildman–Crippen MR) is 87.2 cm³/mol. The van der Waals surface area contributed by atoms with Gasteiger partial charge >= 0.3 is 0 Å². The molecule has 4 aliphatic rings. The van der Waals surface area contributed by atoms with Crippen molar-refractivity contribution in [3.05, 3.63) is 11.4 Å². The van der Waals surface area contributed by atoms with E-state index in [1.165, 1.54) is 0 Å². The van der Waals surface area contributed by atoms with Gasteiger partial charge in [-0.25, -0.2) is 11.0 Å². The summed E-state index contributed by atoms with van der Waals surface area (Å²) in [5.41, 5.74) is -2.52. The number of ether oxygens (including phenoxy) is 1. The minimum absolute atomic E-state index is 0.294. The largest absolute Gasteiger partial charge is 0.393 e. The first kappa shape index (κ1) is 18.0. The average molecular weight is 341 g/mol. The molecule has 0 aromatic carbocycles. The van der Waals surface area contributed by atoms with E-state index in [0.29, 0.717) is 44.8 Å². The number of aliphatic hydroxyl groups excluding tert-OH is 1. The van der Waals surface area contributed by atoms with E-state index in [1.54, 1.807) is 0 Å². The molecular formula is C17H28FN3O3. The van der Waals surface area contributed by atoms with Gasteiger partial charge in [-0.05, 0) is 26.9 Å². The second-order valence-corrected chi connectivity index (χ2v) is 8.22. The third-order valence-corrected chi connectivity index (χ3v) is 6.44. The molecule has 3 saturated heterocycles. The van der Waals surface area contributed by atoms with Gasteiger partial charge in [-0.3, -0.25) is 0 Å². The van der Waals surface area contributed by atoms with Gasteiger partial charge in [0.15, 0.2) is 5.67 Å². The van der Waals surface area contributed by atoms with Gasteiger partial charge in [-0.15, -0.1) is 0 Å². The van der Waals surface area contributed by atoms with Crippen molar-refractivity contribution >= 4 is 0 Å². The molecule has 1 saturated carbocycles. The highest BCUT2D eigenvalue weighted by molar-refractivity contribution is 5.11. The Hall–Kier alpha value is -0.780. The summed E-state index contributed by atoms with van der Waals surface area (Å²) >= 11 is 0. The number of hydrogen-bond donors (Lipinski definition) is 2. The molecule has 0 radical (unpaired) electrons. The Morgan fingerprint density at radius 1 is 1.33 bits per heavy atom. The summed E-state index contributed by atoms with van der Waals surface area (Å²) in [4.78, 5) is 7.52. The SMILES string of the molecule is CN1CC(F)(CO)C2(COC2)C1.[C-]#[N+]CC1(O)CC2CC1CN2C. The lowest BCUT2D eigenvalue weighted by Crippen LogP contribution is -2.58. The van der Waals surface area contributed by atoms with Crippen molar-refractivity contribution in [3.63, 3.8) is 0 Å². The summed E-state index contributed by atoms with van der Waals surface area (Å²) in [7, 11) is 3.97. The molecule has 4 unspecified atom stereocenters. The number of fused-ring (bicyclic) bond motifs is 2. The zero-order valence-electron chi connectivity index (χ0n) is 14.5. The topological polar surface area (TPSA) is 60.5 Å². The maximum atomic E-state index is 14.0. The molecule has 7 heteroatoms. The molecule has 4 fully saturated rings. The van der Waals surface area contributed by atoms with Gasteiger partial charge in [0.1, 0.15) is 5.60 Å². The third kappa shape index (κ3) is 2.74. The Morgan fingerprint density at radius 2 is 2.04 bits per heavy atom. The van der Waals surface area contributed by atoms with Gasteiger partial charge in [0.2, 0.25) is 6.54 Å². The average Bonchev–Trinajstić information content (AvgIpc) is 3.08. The van der Waals surface area contributed by atoms with Crippen LogP contribution in [0.4, 0.5) is 4.39 Å². The number of aliphatic hydroxyl groups is 2. The fourth-order valence-corrected chi connectivity index (χ4v) is 4.84. The van der Waals surface area contributed by atoms with Gasteiger partial charge in [-0.1, -0.05) is 0 Å². The first-order valence-corrected chi connectivity index (χ1v) is 8.59. The fourth-order valence-electron chi connectivity index (χ4n) is 4.84. The number of rotatable bonds is 2. The quantitative estimate of drug-likeness (QED) is 0.693. The van der Waals surface area contributed by atoms with Crippen LogP contribution in [-0.4, -0.2) is 97.4 Å². The Morgan fingerprint density at radius 3 is 2.42 bits per heavy atom. The Bertz CT molecular complexity index is 510. The second-order valence-electron chi connectivity index (χ2n) is 8.22. The van der Waals surface area contributed by atoms with Crippen molar-refractivity contribution < 1.29 is 19.3 Å². The lowest BCUT2D eigenvalue weighted by atomic mass is 9.74. The number of likely N-dealkylation sites (tertiary alicyclic amines) is 2. The van der Waals surface area contributed by atoms with Crippen LogP contribution in [0.25, 0.3) is 4.85 Å². The number of hydrogen-bond acceptors (Lipinski definition) is 5. The molecule has 24 heavy (non-hydrogen) atoms. The standard InChI is InChI=1S/C9H14N2O.C8H14FNO2/c1-10-6-9(12)4-8-3-7(9)5-11(8)2;1-10-2-7(5-12-6-7)8(9,3-10)4-11/h7-8,12H,3-6H2,2H3;11H,2-6H2,1H3. The highest BCUT2D eigenvalue weighted by Crippen LogP contribution is 2.47. The maximum Gasteiger partial charge on any atom is 0.243 e. The molecular weight excluding hydrogens is 313 g/mol. The molecule has 136 valence electrons. The Labute approximate surface area is 143 Å². The summed E-state index contributed by atoms with van der Waals surface area (Å²) in [6, 6.07) is 0.529. The molecule has 2 N–H and O–H groups in total. The van der Waals surface area contributed by atoms with Crippen LogP contribution in [0, 0.1) is 17.9 Å². The molecule has 2 bridgehead atoms. The third-order valence-electron chi connectivity index (χ3n) is 6.44. The second kappa shape index (κ2) is 6.19. The van der Waals surface area contributed by atoms with Crippen LogP contribution >= 0.6 is 0 Å². The number of halogens is 1. The van der Waals surface area contributed by atoms with E-state index in [9.17, 15) is 9.50 Å². The normalized spacial score (nSPS) is 43.3. The molecule has 1 spiro atoms. The molecule has 3 heterocycles. The molecule has 0 amide bonds. The molecule has 3 aliphatic heterocycles. The zero-order valence-corrected chi connectivity index (χ0v) is 14.5. The van der Waals surface area contributed by atoms with E-state index in [2.05, 4.69) is 16.8 Å². The van der Waals surface area contributed by atoms with Crippen LogP contribution in [0.5, 0.6) is 0 Å². The summed E-state index contributed by atoms with van der Waals surface area (Å²) in [6.45, 7) is 9.58. The predicted octanol–water partition coefficient (Wildman–Crippen LogP) is 0.00979. The minimum atomic E-state index is -1.44. The van der Waals surface area contributed by atoms with Crippen LogP contribution in [0.3, 0.4) is 0 Å². The molecule has 1 aliphatic carbocycles. The number of piperidine rings is 1. The Kier molecular flexibility index (Phi) is 4.65. The smallest absolute Gasteiger partial charge is 0.243 e. The monoisotopic (exact) mass is 341 g/mol. The van der Waals surface area contributed by atoms with Crippen molar-refractivity contribution in [2.24, 2.45) is 11.3 Å². The van der Waals surface area contributed by atoms with Crippen molar-refractivity contribution in [1.82, 2.24) is 9.80 Å². The van der Waals surface area contributed by atoms with E-state index in [0.717, 1.165) is 19.4 Å². The first-order valence-electron chi connectivity index (χ1n) is 8.59. The van der Waals surface area contributed by atoms with Gasteiger partial charge in [0.25, 0.3) is 0 Å². The van der Waals surface area contributed by atoms with Crippen LogP contribution in [0.2, 0.25) is 0 Å². The number of alkyl halides is 1. The minimum Gasteiger partial charge on any atom is -0.393 e. The lowest BCUT2D eigenvalue weighted by Gasteiger charge is -2.44. The van der Waals surface area contributed by atoms with E-state index >= 15 is 0 Å². The molecule has 6 nitrogen and oxygen atoms in total. The highest BCUT2D eigenvalue weighted by Gasteiger charge is 2.62. The molecule has 0 aromatic rings. The van der Waals surface area contributed by atoms with E-state index in [1.807, 2.05) is 11.9 Å². The van der Waals surface area contributed by atoms with Crippen molar-refractivity contribution in [1.29, 1.82) is 0 Å². The van der Waals surface area contributed by atoms with Crippen molar-refractivity contribution in [3.8, 4) is 0 Å². The number of nitrogens with zero attached hydrogens (tertiary/aromatic N) is 3. The van der Waals surface area contributed by atoms with Crippen LogP contribution in [0.1, 0.15) is 12.8 Å². The first-order chi connectivity index (χ1) is 11.3. The zero-order chi connectivity index (χ0) is 17.6. The van der Waals surface area contributed by atoms with E-state index in [-0.39, 0.29) is 6.61 Å². The fraction of sp³-hybridized carbons (Fsp3) is 0.941. The van der Waals surface area contributed by atoms with Crippen molar-refractivity contribution in [2.45, 2.75) is 30.2 Å². The van der Waals surface area contributed by atoms with Crippen LogP contribution in [0.15, 0.2) is 0 Å². The van der Waals surface area contributed by atoms with Gasteiger partial charge in [0, 0.05) is 31.6 Å². The van der Waals surface area contributed by atoms with Crippen LogP contribution < -0.4 is 0 Å². The van der Waals surface area contributed by atoms with Crippen LogP contribution in [-0.2, 0) is 4.74 Å². The Balaban J connectivity index is 0.000000141. The summed E-state index contributed by atoms with van der Waals surface area (Å²) < 4.78 is 19.0. The van der Waals surface area contributed by atoms with E-state index in [4.69, 9.17) is 16.4 Å². The maximum absolute atomic E-state index is 14.0. The highest BCUT2D eigenvalue weighted by atomic mass is 19.1. The van der Waals surface area contributed by atoms with Gasteiger partial charge in [0.05, 0.1) is 25.2 Å². The van der Waals surface area contributed by atoms with E-state index < -0.39 is 16.7 Å². The molecule has 4 rings (SSSR count). The summed E-state index contributed by atoms with van der Waals surface area (Å²) in [6.07, 6.45) is 1.89. The summed E-state index contributed by atoms with van der Waals surface area (Å²) in [5, 5.41) is 19.0. The molecule has 0 aromatic heterocycles.